The molecule has 0 radical (unpaired) electrons. The maximum atomic E-state index is 9.96. The Bertz CT molecular complexity index is 171. The molecule has 0 aromatic heterocycles. The van der Waals surface area contributed by atoms with E-state index in [0.717, 1.165) is 12.8 Å². The summed E-state index contributed by atoms with van der Waals surface area (Å²) in [5, 5.41) is 11.4. The topological polar surface area (TPSA) is 32.7 Å². The van der Waals surface area contributed by atoms with Crippen LogP contribution in [0.15, 0.2) is 0 Å². The standard InChI is InChI=1S/C10H21NO2/c1-9(2)6-8(13-5)7-10(3,4)11(9)12/h8,12H,6-7H2,1-5H3/i11+0. The number of piperidine rings is 1. The zero-order chi connectivity index (χ0) is 10.3. The highest BCUT2D eigenvalue weighted by Gasteiger charge is 2.44. The van der Waals surface area contributed by atoms with Gasteiger partial charge in [0.25, 0.3) is 0 Å². The van der Waals surface area contributed by atoms with Crippen LogP contribution in [-0.2, 0) is 4.74 Å². The minimum Gasteiger partial charge on any atom is -0.381 e. The summed E-state index contributed by atoms with van der Waals surface area (Å²) >= 11 is 0. The highest BCUT2D eigenvalue weighted by molar-refractivity contribution is 4.96. The summed E-state index contributed by atoms with van der Waals surface area (Å²) in [6.45, 7) is 8.17. The smallest absolute Gasteiger partial charge is 0.0608 e. The van der Waals surface area contributed by atoms with E-state index >= 15 is 0 Å². The van der Waals surface area contributed by atoms with Gasteiger partial charge >= 0.3 is 0 Å². The van der Waals surface area contributed by atoms with Gasteiger partial charge in [-0.05, 0) is 40.5 Å². The molecule has 0 amide bonds. The zero-order valence-electron chi connectivity index (χ0n) is 9.29. The molecule has 3 heteroatoms. The second-order valence-corrected chi connectivity index (χ2v) is 5.20. The molecule has 1 saturated heterocycles. The van der Waals surface area contributed by atoms with E-state index < -0.39 is 0 Å². The number of hydrogen-bond donors (Lipinski definition) is 1. The number of rotatable bonds is 1. The molecule has 1 fully saturated rings. The lowest BCUT2D eigenvalue weighted by atomic mass is 9.80. The van der Waals surface area contributed by atoms with Gasteiger partial charge in [0, 0.05) is 18.2 Å². The maximum absolute atomic E-state index is 9.96. The van der Waals surface area contributed by atoms with Gasteiger partial charge in [0.15, 0.2) is 0 Å². The highest BCUT2D eigenvalue weighted by Crippen LogP contribution is 2.37. The molecule has 0 aromatic carbocycles. The second-order valence-electron chi connectivity index (χ2n) is 5.20. The summed E-state index contributed by atoms with van der Waals surface area (Å²) in [5.74, 6) is 0. The fraction of sp³-hybridized carbons (Fsp3) is 1.00. The van der Waals surface area contributed by atoms with Crippen LogP contribution in [0.2, 0.25) is 0 Å². The van der Waals surface area contributed by atoms with Crippen molar-refractivity contribution in [2.45, 2.75) is 57.7 Å². The predicted octanol–water partition coefficient (Wildman–Crippen LogP) is 2.04. The van der Waals surface area contributed by atoms with Gasteiger partial charge in [0.1, 0.15) is 0 Å². The van der Waals surface area contributed by atoms with Gasteiger partial charge in [0.2, 0.25) is 0 Å². The van der Waals surface area contributed by atoms with E-state index in [0.29, 0.717) is 0 Å². The van der Waals surface area contributed by atoms with E-state index in [9.17, 15) is 5.21 Å². The Morgan fingerprint density at radius 3 is 1.85 bits per heavy atom. The summed E-state index contributed by atoms with van der Waals surface area (Å²) < 4.78 is 5.37. The van der Waals surface area contributed by atoms with Crippen LogP contribution < -0.4 is 0 Å². The maximum Gasteiger partial charge on any atom is 0.0608 e. The third kappa shape index (κ3) is 2.03. The van der Waals surface area contributed by atoms with Crippen molar-refractivity contribution in [3.8, 4) is 0 Å². The predicted molar refractivity (Wildman–Crippen MR) is 51.8 cm³/mol. The van der Waals surface area contributed by atoms with E-state index in [4.69, 9.17) is 4.74 Å². The van der Waals surface area contributed by atoms with Gasteiger partial charge < -0.3 is 9.94 Å². The SMILES string of the molecule is COC1CC(C)(C)[14N](O)C(C)(C)C1. The van der Waals surface area contributed by atoms with E-state index in [2.05, 4.69) is 0 Å². The quantitative estimate of drug-likeness (QED) is 0.682. The summed E-state index contributed by atoms with van der Waals surface area (Å²) in [6, 6.07) is 0. The fourth-order valence-corrected chi connectivity index (χ4v) is 2.35. The Labute approximate surface area is 80.6 Å². The first-order valence-corrected chi connectivity index (χ1v) is 4.81. The molecule has 78 valence electrons. The van der Waals surface area contributed by atoms with Crippen LogP contribution in [0.4, 0.5) is 0 Å². The molecule has 0 atom stereocenters. The third-order valence-electron chi connectivity index (χ3n) is 2.93. The molecule has 13 heavy (non-hydrogen) atoms. The van der Waals surface area contributed by atoms with Gasteiger partial charge in [-0.2, -0.15) is 5.06 Å². The molecule has 1 rings (SSSR count). The molecule has 1 aliphatic heterocycles. The van der Waals surface area contributed by atoms with Gasteiger partial charge in [-0.3, -0.25) is 0 Å². The van der Waals surface area contributed by atoms with Gasteiger partial charge in [-0.15, -0.1) is 0 Å². The van der Waals surface area contributed by atoms with Gasteiger partial charge in [-0.25, -0.2) is 0 Å². The van der Waals surface area contributed by atoms with Crippen molar-refractivity contribution in [3.63, 3.8) is 0 Å². The lowest BCUT2D eigenvalue weighted by molar-refractivity contribution is -0.259. The van der Waals surface area contributed by atoms with Crippen LogP contribution >= 0.6 is 0 Å². The molecule has 0 spiro atoms. The summed E-state index contributed by atoms with van der Waals surface area (Å²) in [4.78, 5) is 0. The zero-order valence-corrected chi connectivity index (χ0v) is 9.29. The fourth-order valence-electron chi connectivity index (χ4n) is 2.35. The molecular weight excluding hydrogens is 166 g/mol. The Balaban J connectivity index is 2.82. The molecule has 1 aliphatic rings. The number of methoxy groups -OCH3 is 1. The molecule has 0 aromatic rings. The molecular formula is C10H21NO2. The minimum absolute atomic E-state index is 0.192. The largest absolute Gasteiger partial charge is 0.381 e. The minimum atomic E-state index is -0.192. The lowest BCUT2D eigenvalue weighted by Crippen LogP contribution is -2.60. The molecule has 1 heterocycles. The van der Waals surface area contributed by atoms with Crippen LogP contribution in [0.3, 0.4) is 0 Å². The normalized spacial score (nSPS) is 29.1. The van der Waals surface area contributed by atoms with Gasteiger partial charge in [-0.1, -0.05) is 0 Å². The van der Waals surface area contributed by atoms with Crippen LogP contribution in [0.25, 0.3) is 0 Å². The Hall–Kier alpha value is -0.120. The van der Waals surface area contributed by atoms with Crippen molar-refractivity contribution < 1.29 is 9.94 Å². The lowest BCUT2D eigenvalue weighted by Gasteiger charge is -2.51. The van der Waals surface area contributed by atoms with Crippen molar-refractivity contribution in [3.05, 3.63) is 0 Å². The first-order chi connectivity index (χ1) is 5.79. The van der Waals surface area contributed by atoms with Crippen LogP contribution in [0.5, 0.6) is 0 Å². The number of hydroxylamine groups is 2. The first kappa shape index (κ1) is 11.0. The van der Waals surface area contributed by atoms with Crippen molar-refractivity contribution in [1.82, 2.24) is 5.06 Å². The van der Waals surface area contributed by atoms with E-state index in [1.54, 1.807) is 7.11 Å². The highest BCUT2D eigenvalue weighted by atomic mass is 16.5. The van der Waals surface area contributed by atoms with Crippen molar-refractivity contribution in [1.29, 1.82) is 0 Å². The van der Waals surface area contributed by atoms with E-state index in [1.807, 2.05) is 27.7 Å². The molecule has 3 nitrogen and oxygen atoms in total. The van der Waals surface area contributed by atoms with Crippen molar-refractivity contribution in [2.75, 3.05) is 7.11 Å². The summed E-state index contributed by atoms with van der Waals surface area (Å²) in [7, 11) is 1.74. The average molecular weight is 187 g/mol. The molecule has 0 unspecified atom stereocenters. The molecule has 1 N–H and O–H groups in total. The number of ether oxygens (including phenoxy) is 1. The van der Waals surface area contributed by atoms with Crippen LogP contribution in [-0.4, -0.2) is 34.6 Å². The molecule has 0 saturated carbocycles. The third-order valence-corrected chi connectivity index (χ3v) is 2.93. The second kappa shape index (κ2) is 3.23. The van der Waals surface area contributed by atoms with Crippen LogP contribution in [0.1, 0.15) is 40.5 Å². The van der Waals surface area contributed by atoms with E-state index in [-0.39, 0.29) is 17.2 Å². The monoisotopic (exact) mass is 187 g/mol. The van der Waals surface area contributed by atoms with E-state index in [1.165, 1.54) is 5.06 Å². The molecule has 0 aliphatic carbocycles. The van der Waals surface area contributed by atoms with Crippen molar-refractivity contribution in [2.24, 2.45) is 0 Å². The summed E-state index contributed by atoms with van der Waals surface area (Å²) in [6.07, 6.45) is 2.01. The Morgan fingerprint density at radius 1 is 1.15 bits per heavy atom. The summed E-state index contributed by atoms with van der Waals surface area (Å²) in [5.41, 5.74) is -0.384. The number of hydrogen-bond acceptors (Lipinski definition) is 3. The molecule has 0 bridgehead atoms. The average Bonchev–Trinajstić information content (AvgIpc) is 1.99. The first-order valence-electron chi connectivity index (χ1n) is 4.81. The Morgan fingerprint density at radius 2 is 1.54 bits per heavy atom. The van der Waals surface area contributed by atoms with Crippen molar-refractivity contribution >= 4 is 0 Å². The Kier molecular flexibility index (Phi) is 2.72. The van der Waals surface area contributed by atoms with Crippen LogP contribution in [0, 0.1) is 0 Å². The number of nitrogens with zero attached hydrogens (tertiary/aromatic N) is 1. The van der Waals surface area contributed by atoms with Gasteiger partial charge in [0.05, 0.1) is 6.10 Å².